The van der Waals surface area contributed by atoms with Crippen LogP contribution in [0.25, 0.3) is 0 Å². The first kappa shape index (κ1) is 18.9. The van der Waals surface area contributed by atoms with E-state index in [1.54, 1.807) is 0 Å². The van der Waals surface area contributed by atoms with Crippen molar-refractivity contribution in [2.45, 2.75) is 64.6 Å². The zero-order valence-electron chi connectivity index (χ0n) is 14.6. The Labute approximate surface area is 135 Å². The van der Waals surface area contributed by atoms with E-state index in [0.29, 0.717) is 11.8 Å². The monoisotopic (exact) mass is 304 g/mol. The number of allylic oxidation sites excluding steroid dienone is 4. The predicted molar refractivity (Wildman–Crippen MR) is 94.6 cm³/mol. The van der Waals surface area contributed by atoms with Crippen molar-refractivity contribution in [3.63, 3.8) is 0 Å². The molecule has 2 N–H and O–H groups in total. The van der Waals surface area contributed by atoms with Gasteiger partial charge in [0.15, 0.2) is 0 Å². The molecule has 0 aromatic rings. The van der Waals surface area contributed by atoms with Gasteiger partial charge in [-0.2, -0.15) is 0 Å². The highest BCUT2D eigenvalue weighted by Gasteiger charge is 2.23. The van der Waals surface area contributed by atoms with Crippen molar-refractivity contribution < 1.29 is 10.2 Å². The molecule has 2 rings (SSSR count). The molecule has 2 aliphatic rings. The summed E-state index contributed by atoms with van der Waals surface area (Å²) in [5.41, 5.74) is 1.23. The summed E-state index contributed by atoms with van der Waals surface area (Å²) in [7, 11) is 0. The van der Waals surface area contributed by atoms with Crippen LogP contribution in [-0.2, 0) is 0 Å². The summed E-state index contributed by atoms with van der Waals surface area (Å²) in [4.78, 5) is 0. The summed E-state index contributed by atoms with van der Waals surface area (Å²) < 4.78 is 0. The first-order valence-corrected chi connectivity index (χ1v) is 8.17. The van der Waals surface area contributed by atoms with E-state index in [-0.39, 0.29) is 0 Å². The maximum Gasteiger partial charge on any atom is 0.0800 e. The van der Waals surface area contributed by atoms with Crippen molar-refractivity contribution in [2.75, 3.05) is 0 Å². The lowest BCUT2D eigenvalue weighted by atomic mass is 9.84. The molecule has 0 saturated carbocycles. The highest BCUT2D eigenvalue weighted by molar-refractivity contribution is 5.15. The quantitative estimate of drug-likeness (QED) is 0.734. The van der Waals surface area contributed by atoms with Gasteiger partial charge in [-0.1, -0.05) is 48.6 Å². The third kappa shape index (κ3) is 6.33. The van der Waals surface area contributed by atoms with Crippen LogP contribution in [-0.4, -0.2) is 21.4 Å². The van der Waals surface area contributed by atoms with Crippen LogP contribution in [0.5, 0.6) is 0 Å². The van der Waals surface area contributed by atoms with E-state index in [9.17, 15) is 10.2 Å². The molecule has 0 aromatic carbocycles. The molecular weight excluding hydrogens is 272 g/mol. The smallest absolute Gasteiger partial charge is 0.0800 e. The fourth-order valence-electron chi connectivity index (χ4n) is 2.72. The number of aliphatic hydroxyl groups is 2. The average Bonchev–Trinajstić information content (AvgIpc) is 2.38. The van der Waals surface area contributed by atoms with Crippen molar-refractivity contribution in [3.05, 3.63) is 48.6 Å². The van der Waals surface area contributed by atoms with E-state index < -0.39 is 11.2 Å². The van der Waals surface area contributed by atoms with Gasteiger partial charge in [-0.25, -0.2) is 0 Å². The highest BCUT2D eigenvalue weighted by Crippen LogP contribution is 2.29. The van der Waals surface area contributed by atoms with E-state index in [1.807, 2.05) is 39.8 Å². The van der Waals surface area contributed by atoms with Crippen molar-refractivity contribution in [3.8, 4) is 0 Å². The summed E-state index contributed by atoms with van der Waals surface area (Å²) in [6.07, 6.45) is 11.6. The molecule has 0 heterocycles. The maximum atomic E-state index is 9.56. The van der Waals surface area contributed by atoms with Crippen molar-refractivity contribution >= 4 is 0 Å². The molecule has 0 fully saturated rings. The Morgan fingerprint density at radius 1 is 0.864 bits per heavy atom. The summed E-state index contributed by atoms with van der Waals surface area (Å²) >= 11 is 0. The lowest BCUT2D eigenvalue weighted by Crippen LogP contribution is -2.25. The number of rotatable bonds is 2. The molecule has 2 heteroatoms. The number of hydrogen-bond acceptors (Lipinski definition) is 2. The van der Waals surface area contributed by atoms with Gasteiger partial charge in [0, 0.05) is 0 Å². The van der Waals surface area contributed by atoms with Crippen molar-refractivity contribution in [1.82, 2.24) is 0 Å². The van der Waals surface area contributed by atoms with Gasteiger partial charge in [-0.15, -0.1) is 0 Å². The molecule has 0 amide bonds. The Balaban J connectivity index is 0.000000220. The molecule has 3 unspecified atom stereocenters. The molecule has 4 atom stereocenters. The van der Waals surface area contributed by atoms with Gasteiger partial charge in [-0.3, -0.25) is 0 Å². The van der Waals surface area contributed by atoms with Crippen LogP contribution >= 0.6 is 0 Å². The standard InChI is InChI=1S/2C10H16O/c2*1-8(2)9-4-6-10(3,11)7-5-9/h2*4,6,9,11H,1,5,7H2,2-3H3/t9-,10?;/m0./s1. The molecule has 0 aromatic heterocycles. The summed E-state index contributed by atoms with van der Waals surface area (Å²) in [6, 6.07) is 0. The van der Waals surface area contributed by atoms with Crippen molar-refractivity contribution in [2.24, 2.45) is 11.8 Å². The first-order chi connectivity index (χ1) is 10.0. The minimum atomic E-state index is -0.577. The SMILES string of the molecule is C=C(C)C1C=CC(C)(O)CC1.C=C(C)[C@H]1C=CC(C)(O)CC1. The largest absolute Gasteiger partial charge is 0.386 e. The van der Waals surface area contributed by atoms with E-state index in [2.05, 4.69) is 25.3 Å². The minimum Gasteiger partial charge on any atom is -0.386 e. The normalized spacial score (nSPS) is 37.2. The average molecular weight is 304 g/mol. The van der Waals surface area contributed by atoms with Gasteiger partial charge in [0.1, 0.15) is 0 Å². The summed E-state index contributed by atoms with van der Waals surface area (Å²) in [6.45, 7) is 15.6. The van der Waals surface area contributed by atoms with Gasteiger partial charge < -0.3 is 10.2 Å². The van der Waals surface area contributed by atoms with E-state index in [4.69, 9.17) is 0 Å². The maximum absolute atomic E-state index is 9.56. The molecule has 0 radical (unpaired) electrons. The van der Waals surface area contributed by atoms with Gasteiger partial charge in [0.05, 0.1) is 11.2 Å². The molecule has 0 aliphatic heterocycles. The lowest BCUT2D eigenvalue weighted by molar-refractivity contribution is 0.0898. The third-order valence-corrected chi connectivity index (χ3v) is 4.56. The molecule has 0 bridgehead atoms. The zero-order valence-corrected chi connectivity index (χ0v) is 14.6. The fourth-order valence-corrected chi connectivity index (χ4v) is 2.72. The third-order valence-electron chi connectivity index (χ3n) is 4.56. The lowest BCUT2D eigenvalue weighted by Gasteiger charge is -2.27. The topological polar surface area (TPSA) is 40.5 Å². The van der Waals surface area contributed by atoms with Gasteiger partial charge in [-0.05, 0) is 65.2 Å². The second-order valence-corrected chi connectivity index (χ2v) is 7.42. The summed E-state index contributed by atoms with van der Waals surface area (Å²) in [5.74, 6) is 0.963. The van der Waals surface area contributed by atoms with Gasteiger partial charge in [0.25, 0.3) is 0 Å². The molecule has 2 aliphatic carbocycles. The van der Waals surface area contributed by atoms with Crippen LogP contribution < -0.4 is 0 Å². The van der Waals surface area contributed by atoms with E-state index in [0.717, 1.165) is 25.7 Å². The Kier molecular flexibility index (Phi) is 6.39. The van der Waals surface area contributed by atoms with Gasteiger partial charge in [0.2, 0.25) is 0 Å². The first-order valence-electron chi connectivity index (χ1n) is 8.17. The van der Waals surface area contributed by atoms with Crippen LogP contribution in [0.2, 0.25) is 0 Å². The van der Waals surface area contributed by atoms with Crippen LogP contribution in [0, 0.1) is 11.8 Å². The van der Waals surface area contributed by atoms with E-state index in [1.165, 1.54) is 11.1 Å². The van der Waals surface area contributed by atoms with E-state index >= 15 is 0 Å². The Morgan fingerprint density at radius 3 is 1.36 bits per heavy atom. The van der Waals surface area contributed by atoms with Crippen LogP contribution in [0.15, 0.2) is 48.6 Å². The van der Waals surface area contributed by atoms with Gasteiger partial charge >= 0.3 is 0 Å². The molecule has 22 heavy (non-hydrogen) atoms. The molecular formula is C20H32O2. The molecule has 0 saturated heterocycles. The number of hydrogen-bond donors (Lipinski definition) is 2. The molecule has 2 nitrogen and oxygen atoms in total. The van der Waals surface area contributed by atoms with Crippen LogP contribution in [0.3, 0.4) is 0 Å². The Bertz CT molecular complexity index is 422. The minimum absolute atomic E-state index is 0.482. The van der Waals surface area contributed by atoms with Crippen LogP contribution in [0.4, 0.5) is 0 Å². The second-order valence-electron chi connectivity index (χ2n) is 7.42. The summed E-state index contributed by atoms with van der Waals surface area (Å²) in [5, 5.41) is 19.1. The Hall–Kier alpha value is -1.12. The predicted octanol–water partition coefficient (Wildman–Crippen LogP) is 4.56. The molecule has 124 valence electrons. The second kappa shape index (κ2) is 7.43. The fraction of sp³-hybridized carbons (Fsp3) is 0.600. The van der Waals surface area contributed by atoms with Crippen LogP contribution in [0.1, 0.15) is 53.4 Å². The van der Waals surface area contributed by atoms with Crippen molar-refractivity contribution in [1.29, 1.82) is 0 Å². The molecule has 0 spiro atoms. The highest BCUT2D eigenvalue weighted by atomic mass is 16.3. The Morgan fingerprint density at radius 2 is 1.18 bits per heavy atom. The zero-order chi connectivity index (χ0) is 17.0.